The monoisotopic (exact) mass is 224 g/mol. The Kier molecular flexibility index (Phi) is 3.62. The molecule has 16 heavy (non-hydrogen) atoms. The zero-order chi connectivity index (χ0) is 11.4. The van der Waals surface area contributed by atoms with E-state index in [4.69, 9.17) is 4.74 Å². The van der Waals surface area contributed by atoms with Crippen molar-refractivity contribution in [2.24, 2.45) is 0 Å². The molecule has 1 unspecified atom stereocenters. The Morgan fingerprint density at radius 3 is 3.19 bits per heavy atom. The molecule has 0 saturated carbocycles. The molecule has 1 fully saturated rings. The molecule has 2 rings (SSSR count). The number of halogens is 1. The second-order valence-corrected chi connectivity index (χ2v) is 4.05. The van der Waals surface area contributed by atoms with Crippen LogP contribution in [0.5, 0.6) is 5.75 Å². The molecule has 0 aliphatic carbocycles. The molecule has 0 amide bonds. The molecule has 0 radical (unpaired) electrons. The van der Waals surface area contributed by atoms with Crippen molar-refractivity contribution in [3.05, 3.63) is 24.3 Å². The minimum atomic E-state index is -0.776. The summed E-state index contributed by atoms with van der Waals surface area (Å²) in [6.45, 7) is 4.31. The minimum Gasteiger partial charge on any atom is -0.463 e. The molecule has 1 atom stereocenters. The highest BCUT2D eigenvalue weighted by atomic mass is 19.1. The van der Waals surface area contributed by atoms with Gasteiger partial charge in [-0.15, -0.1) is 0 Å². The second-order valence-electron chi connectivity index (χ2n) is 4.05. The molecule has 1 heterocycles. The van der Waals surface area contributed by atoms with Crippen LogP contribution in [0.1, 0.15) is 6.92 Å². The van der Waals surface area contributed by atoms with Crippen LogP contribution in [0.4, 0.5) is 10.1 Å². The average Bonchev–Trinajstić information content (AvgIpc) is 2.30. The number of alkyl halides is 1. The summed E-state index contributed by atoms with van der Waals surface area (Å²) in [5.74, 6) is 0.589. The zero-order valence-corrected chi connectivity index (χ0v) is 9.45. The average molecular weight is 224 g/mol. The third-order valence-electron chi connectivity index (χ3n) is 2.77. The highest BCUT2D eigenvalue weighted by Crippen LogP contribution is 2.22. The molecule has 0 bridgehead atoms. The van der Waals surface area contributed by atoms with Gasteiger partial charge >= 0.3 is 0 Å². The van der Waals surface area contributed by atoms with Crippen LogP contribution in [0, 0.1) is 0 Å². The SMILES string of the molecule is CC1CN(c2cccc(OCF)c2)CCN1. The van der Waals surface area contributed by atoms with Crippen molar-refractivity contribution in [2.45, 2.75) is 13.0 Å². The van der Waals surface area contributed by atoms with E-state index in [1.165, 1.54) is 0 Å². The van der Waals surface area contributed by atoms with Crippen molar-refractivity contribution >= 4 is 5.69 Å². The van der Waals surface area contributed by atoms with E-state index in [1.54, 1.807) is 6.07 Å². The van der Waals surface area contributed by atoms with Gasteiger partial charge in [-0.3, -0.25) is 0 Å². The number of nitrogens with one attached hydrogen (secondary N) is 1. The van der Waals surface area contributed by atoms with Crippen LogP contribution in [0.2, 0.25) is 0 Å². The lowest BCUT2D eigenvalue weighted by Gasteiger charge is -2.33. The van der Waals surface area contributed by atoms with Gasteiger partial charge in [0, 0.05) is 37.4 Å². The summed E-state index contributed by atoms with van der Waals surface area (Å²) in [7, 11) is 0. The van der Waals surface area contributed by atoms with Crippen molar-refractivity contribution in [3.63, 3.8) is 0 Å². The van der Waals surface area contributed by atoms with Crippen LogP contribution in [-0.2, 0) is 0 Å². The standard InChI is InChI=1S/C12H17FN2O/c1-10-8-15(6-5-14-10)11-3-2-4-12(7-11)16-9-13/h2-4,7,10,14H,5-6,8-9H2,1H3. The second kappa shape index (κ2) is 5.16. The molecular formula is C12H17FN2O. The molecule has 4 heteroatoms. The van der Waals surface area contributed by atoms with Crippen molar-refractivity contribution in [2.75, 3.05) is 31.4 Å². The fourth-order valence-electron chi connectivity index (χ4n) is 2.00. The summed E-state index contributed by atoms with van der Waals surface area (Å²) in [5.41, 5.74) is 1.10. The predicted molar refractivity (Wildman–Crippen MR) is 62.7 cm³/mol. The maximum absolute atomic E-state index is 12.1. The first-order chi connectivity index (χ1) is 7.79. The summed E-state index contributed by atoms with van der Waals surface area (Å²) in [6, 6.07) is 8.07. The zero-order valence-electron chi connectivity index (χ0n) is 9.45. The van der Waals surface area contributed by atoms with Crippen LogP contribution >= 0.6 is 0 Å². The van der Waals surface area contributed by atoms with Crippen LogP contribution in [0.3, 0.4) is 0 Å². The first-order valence-electron chi connectivity index (χ1n) is 5.57. The number of hydrogen-bond donors (Lipinski definition) is 1. The van der Waals surface area contributed by atoms with Gasteiger partial charge in [-0.05, 0) is 19.1 Å². The topological polar surface area (TPSA) is 24.5 Å². The minimum absolute atomic E-state index is 0.486. The largest absolute Gasteiger partial charge is 0.463 e. The highest BCUT2D eigenvalue weighted by Gasteiger charge is 2.15. The fraction of sp³-hybridized carbons (Fsp3) is 0.500. The number of anilines is 1. The van der Waals surface area contributed by atoms with Crippen LogP contribution in [0.15, 0.2) is 24.3 Å². The Labute approximate surface area is 95.2 Å². The van der Waals surface area contributed by atoms with E-state index < -0.39 is 6.86 Å². The first-order valence-corrected chi connectivity index (χ1v) is 5.57. The van der Waals surface area contributed by atoms with E-state index in [1.807, 2.05) is 18.2 Å². The number of ether oxygens (including phenoxy) is 1. The number of benzene rings is 1. The smallest absolute Gasteiger partial charge is 0.228 e. The molecule has 3 nitrogen and oxygen atoms in total. The Bertz CT molecular complexity index is 346. The molecule has 1 aromatic carbocycles. The van der Waals surface area contributed by atoms with Crippen molar-refractivity contribution < 1.29 is 9.13 Å². The van der Waals surface area contributed by atoms with Gasteiger partial charge < -0.3 is 15.0 Å². The molecule has 1 N–H and O–H groups in total. The Morgan fingerprint density at radius 1 is 1.56 bits per heavy atom. The van der Waals surface area contributed by atoms with Crippen molar-refractivity contribution in [1.29, 1.82) is 0 Å². The lowest BCUT2D eigenvalue weighted by atomic mass is 10.2. The van der Waals surface area contributed by atoms with Gasteiger partial charge in [0.05, 0.1) is 0 Å². The quantitative estimate of drug-likeness (QED) is 0.847. The first kappa shape index (κ1) is 11.2. The van der Waals surface area contributed by atoms with E-state index in [9.17, 15) is 4.39 Å². The number of rotatable bonds is 3. The van der Waals surface area contributed by atoms with Crippen LogP contribution in [-0.4, -0.2) is 32.5 Å². The molecule has 1 saturated heterocycles. The van der Waals surface area contributed by atoms with Gasteiger partial charge in [0.1, 0.15) is 5.75 Å². The van der Waals surface area contributed by atoms with Gasteiger partial charge in [0.25, 0.3) is 0 Å². The molecular weight excluding hydrogens is 207 g/mol. The summed E-state index contributed by atoms with van der Waals surface area (Å²) in [6.07, 6.45) is 0. The summed E-state index contributed by atoms with van der Waals surface area (Å²) < 4.78 is 16.9. The molecule has 0 aromatic heterocycles. The third kappa shape index (κ3) is 2.64. The Morgan fingerprint density at radius 2 is 2.44 bits per heavy atom. The summed E-state index contributed by atoms with van der Waals surface area (Å²) in [4.78, 5) is 2.28. The van der Waals surface area contributed by atoms with Gasteiger partial charge in [0.15, 0.2) is 0 Å². The van der Waals surface area contributed by atoms with Gasteiger partial charge in [0.2, 0.25) is 6.86 Å². The van der Waals surface area contributed by atoms with Gasteiger partial charge in [-0.25, -0.2) is 4.39 Å². The number of hydrogen-bond acceptors (Lipinski definition) is 3. The lowest BCUT2D eigenvalue weighted by molar-refractivity contribution is 0.192. The maximum atomic E-state index is 12.1. The van der Waals surface area contributed by atoms with Crippen LogP contribution < -0.4 is 15.0 Å². The van der Waals surface area contributed by atoms with E-state index in [0.29, 0.717) is 11.8 Å². The Hall–Kier alpha value is -1.29. The third-order valence-corrected chi connectivity index (χ3v) is 2.77. The molecule has 1 aliphatic heterocycles. The van der Waals surface area contributed by atoms with E-state index in [0.717, 1.165) is 25.3 Å². The van der Waals surface area contributed by atoms with Crippen molar-refractivity contribution in [1.82, 2.24) is 5.32 Å². The summed E-state index contributed by atoms with van der Waals surface area (Å²) >= 11 is 0. The van der Waals surface area contributed by atoms with E-state index >= 15 is 0 Å². The molecule has 0 spiro atoms. The summed E-state index contributed by atoms with van der Waals surface area (Å²) in [5, 5.41) is 3.39. The van der Waals surface area contributed by atoms with Crippen LogP contribution in [0.25, 0.3) is 0 Å². The maximum Gasteiger partial charge on any atom is 0.228 e. The number of nitrogens with zero attached hydrogens (tertiary/aromatic N) is 1. The fourth-order valence-corrected chi connectivity index (χ4v) is 2.00. The highest BCUT2D eigenvalue weighted by molar-refractivity contribution is 5.51. The Balaban J connectivity index is 2.09. The van der Waals surface area contributed by atoms with Gasteiger partial charge in [-0.1, -0.05) is 6.07 Å². The molecule has 88 valence electrons. The number of piperazine rings is 1. The molecule has 1 aromatic rings. The molecule has 1 aliphatic rings. The van der Waals surface area contributed by atoms with Gasteiger partial charge in [-0.2, -0.15) is 0 Å². The predicted octanol–water partition coefficient (Wildman–Crippen LogP) is 1.79. The van der Waals surface area contributed by atoms with Crippen molar-refractivity contribution in [3.8, 4) is 5.75 Å². The lowest BCUT2D eigenvalue weighted by Crippen LogP contribution is -2.49. The normalized spacial score (nSPS) is 20.9. The van der Waals surface area contributed by atoms with E-state index in [-0.39, 0.29) is 0 Å². The van der Waals surface area contributed by atoms with E-state index in [2.05, 4.69) is 17.1 Å².